The van der Waals surface area contributed by atoms with E-state index >= 15 is 0 Å². The molecular formula is C17H20F2N4. The lowest BCUT2D eigenvalue weighted by Gasteiger charge is -2.26. The number of hydrogen-bond acceptors (Lipinski definition) is 3. The van der Waals surface area contributed by atoms with E-state index in [9.17, 15) is 8.78 Å². The highest BCUT2D eigenvalue weighted by Crippen LogP contribution is 2.40. The zero-order valence-electron chi connectivity index (χ0n) is 12.9. The Kier molecular flexibility index (Phi) is 3.64. The van der Waals surface area contributed by atoms with Gasteiger partial charge in [-0.25, -0.2) is 13.5 Å². The van der Waals surface area contributed by atoms with Gasteiger partial charge in [-0.1, -0.05) is 23.4 Å². The van der Waals surface area contributed by atoms with Crippen LogP contribution in [0, 0.1) is 0 Å². The van der Waals surface area contributed by atoms with Crippen molar-refractivity contribution in [1.82, 2.24) is 20.3 Å². The second-order valence-electron chi connectivity index (χ2n) is 6.68. The van der Waals surface area contributed by atoms with Gasteiger partial charge in [-0.15, -0.1) is 5.10 Å². The first-order valence-corrected chi connectivity index (χ1v) is 8.18. The van der Waals surface area contributed by atoms with E-state index in [4.69, 9.17) is 0 Å². The van der Waals surface area contributed by atoms with Crippen molar-refractivity contribution in [1.29, 1.82) is 0 Å². The minimum atomic E-state index is -2.50. The lowest BCUT2D eigenvalue weighted by atomic mass is 9.85. The molecule has 0 bridgehead atoms. The third kappa shape index (κ3) is 3.13. The van der Waals surface area contributed by atoms with Gasteiger partial charge in [0.25, 0.3) is 0 Å². The first kappa shape index (κ1) is 14.8. The Labute approximate surface area is 133 Å². The lowest BCUT2D eigenvalue weighted by Crippen LogP contribution is -2.23. The highest BCUT2D eigenvalue weighted by Gasteiger charge is 2.36. The molecule has 1 aliphatic carbocycles. The molecule has 0 spiro atoms. The normalized spacial score (nSPS) is 20.6. The van der Waals surface area contributed by atoms with Crippen molar-refractivity contribution in [2.45, 2.75) is 57.2 Å². The molecule has 122 valence electrons. The molecular weight excluding hydrogens is 298 g/mol. The molecule has 4 rings (SSSR count). The molecule has 4 nitrogen and oxygen atoms in total. The van der Waals surface area contributed by atoms with Gasteiger partial charge in [0.1, 0.15) is 0 Å². The van der Waals surface area contributed by atoms with Gasteiger partial charge >= 0.3 is 0 Å². The lowest BCUT2D eigenvalue weighted by molar-refractivity contribution is -0.0384. The minimum absolute atomic E-state index is 0.0393. The van der Waals surface area contributed by atoms with Crippen LogP contribution in [0.5, 0.6) is 0 Å². The fourth-order valence-electron chi connectivity index (χ4n) is 3.55. The summed E-state index contributed by atoms with van der Waals surface area (Å²) < 4.78 is 28.3. The molecule has 0 radical (unpaired) electrons. The van der Waals surface area contributed by atoms with Crippen LogP contribution in [-0.4, -0.2) is 20.9 Å². The Morgan fingerprint density at radius 2 is 1.96 bits per heavy atom. The molecule has 0 saturated heterocycles. The third-order valence-electron chi connectivity index (χ3n) is 4.94. The fourth-order valence-corrected chi connectivity index (χ4v) is 3.55. The number of nitrogens with zero attached hydrogens (tertiary/aromatic N) is 3. The molecule has 0 atom stereocenters. The monoisotopic (exact) mass is 318 g/mol. The van der Waals surface area contributed by atoms with Crippen LogP contribution >= 0.6 is 0 Å². The van der Waals surface area contributed by atoms with Crippen LogP contribution in [-0.2, 0) is 19.6 Å². The van der Waals surface area contributed by atoms with Gasteiger partial charge in [0.05, 0.1) is 12.2 Å². The van der Waals surface area contributed by atoms with Crippen LogP contribution < -0.4 is 5.32 Å². The van der Waals surface area contributed by atoms with Crippen LogP contribution in [0.1, 0.15) is 54.0 Å². The number of halogens is 2. The zero-order chi connectivity index (χ0) is 15.9. The molecule has 2 aliphatic rings. The Bertz CT molecular complexity index is 700. The number of benzene rings is 1. The number of aromatic nitrogens is 3. The van der Waals surface area contributed by atoms with E-state index < -0.39 is 5.92 Å². The van der Waals surface area contributed by atoms with Gasteiger partial charge in [-0.2, -0.15) is 0 Å². The summed E-state index contributed by atoms with van der Waals surface area (Å²) >= 11 is 0. The molecule has 0 unspecified atom stereocenters. The summed E-state index contributed by atoms with van der Waals surface area (Å²) in [6.07, 6.45) is 2.83. The predicted molar refractivity (Wildman–Crippen MR) is 82.3 cm³/mol. The molecule has 6 heteroatoms. The van der Waals surface area contributed by atoms with E-state index in [1.54, 1.807) is 0 Å². The zero-order valence-corrected chi connectivity index (χ0v) is 12.9. The van der Waals surface area contributed by atoms with Crippen molar-refractivity contribution in [2.75, 3.05) is 0 Å². The topological polar surface area (TPSA) is 42.7 Å². The smallest absolute Gasteiger partial charge is 0.248 e. The highest BCUT2D eigenvalue weighted by atomic mass is 19.3. The van der Waals surface area contributed by atoms with E-state index in [1.165, 1.54) is 16.7 Å². The molecule has 2 heterocycles. The summed E-state index contributed by atoms with van der Waals surface area (Å²) in [4.78, 5) is 0. The van der Waals surface area contributed by atoms with Crippen molar-refractivity contribution in [3.8, 4) is 0 Å². The number of rotatable bonds is 3. The van der Waals surface area contributed by atoms with E-state index in [0.29, 0.717) is 19.4 Å². The fraction of sp³-hybridized carbons (Fsp3) is 0.529. The van der Waals surface area contributed by atoms with Crippen molar-refractivity contribution in [3.63, 3.8) is 0 Å². The maximum Gasteiger partial charge on any atom is 0.248 e. The summed E-state index contributed by atoms with van der Waals surface area (Å²) in [6.45, 7) is 2.53. The molecule has 1 fully saturated rings. The molecule has 2 aromatic rings. The number of hydrogen-bond donors (Lipinski definition) is 1. The van der Waals surface area contributed by atoms with Crippen molar-refractivity contribution < 1.29 is 8.78 Å². The molecule has 1 aromatic heterocycles. The maximum atomic E-state index is 13.2. The van der Waals surface area contributed by atoms with Crippen LogP contribution in [0.25, 0.3) is 0 Å². The summed E-state index contributed by atoms with van der Waals surface area (Å²) in [5.74, 6) is -2.38. The largest absolute Gasteiger partial charge is 0.309 e. The van der Waals surface area contributed by atoms with Crippen LogP contribution in [0.4, 0.5) is 8.78 Å². The van der Waals surface area contributed by atoms with Gasteiger partial charge in [-0.3, -0.25) is 0 Å². The van der Waals surface area contributed by atoms with Crippen LogP contribution in [0.3, 0.4) is 0 Å². The summed E-state index contributed by atoms with van der Waals surface area (Å²) in [5, 5.41) is 11.7. The molecule has 1 aliphatic heterocycles. The molecule has 1 aromatic carbocycles. The second kappa shape index (κ2) is 5.67. The maximum absolute atomic E-state index is 13.2. The first-order chi connectivity index (χ1) is 11.1. The first-order valence-electron chi connectivity index (χ1n) is 8.18. The standard InChI is InChI=1S/C17H20F2N4/c18-17(19)5-3-13(4-6-17)16-11-23(22-21-16)10-12-1-2-14-8-20-9-15(14)7-12/h1-2,7,11,13,20H,3-6,8-10H2. The number of alkyl halides is 2. The summed E-state index contributed by atoms with van der Waals surface area (Å²) in [7, 11) is 0. The van der Waals surface area contributed by atoms with Crippen LogP contribution in [0.2, 0.25) is 0 Å². The average molecular weight is 318 g/mol. The van der Waals surface area contributed by atoms with Crippen molar-refractivity contribution in [3.05, 3.63) is 46.8 Å². The van der Waals surface area contributed by atoms with Gasteiger partial charge < -0.3 is 5.32 Å². The molecule has 1 saturated carbocycles. The Morgan fingerprint density at radius 3 is 2.78 bits per heavy atom. The Hall–Kier alpha value is -1.82. The second-order valence-corrected chi connectivity index (χ2v) is 6.68. The Balaban J connectivity index is 1.44. The molecule has 0 amide bonds. The van der Waals surface area contributed by atoms with E-state index in [0.717, 1.165) is 18.8 Å². The number of nitrogens with one attached hydrogen (secondary N) is 1. The SMILES string of the molecule is FC1(F)CCC(c2cn(Cc3ccc4c(c3)CNC4)nn2)CC1. The van der Waals surface area contributed by atoms with Gasteiger partial charge in [0, 0.05) is 38.0 Å². The van der Waals surface area contributed by atoms with Crippen molar-refractivity contribution in [2.24, 2.45) is 0 Å². The average Bonchev–Trinajstić information content (AvgIpc) is 3.16. The van der Waals surface area contributed by atoms with Gasteiger partial charge in [0.15, 0.2) is 0 Å². The highest BCUT2D eigenvalue weighted by molar-refractivity contribution is 5.34. The minimum Gasteiger partial charge on any atom is -0.309 e. The van der Waals surface area contributed by atoms with Gasteiger partial charge in [0.2, 0.25) is 5.92 Å². The van der Waals surface area contributed by atoms with Crippen LogP contribution in [0.15, 0.2) is 24.4 Å². The van der Waals surface area contributed by atoms with Crippen molar-refractivity contribution >= 4 is 0 Å². The molecule has 1 N–H and O–H groups in total. The van der Waals surface area contributed by atoms with E-state index in [2.05, 4.69) is 33.8 Å². The van der Waals surface area contributed by atoms with Gasteiger partial charge in [-0.05, 0) is 29.5 Å². The third-order valence-corrected chi connectivity index (χ3v) is 4.94. The summed E-state index contributed by atoms with van der Waals surface area (Å²) in [6, 6.07) is 6.48. The van der Waals surface area contributed by atoms with E-state index in [1.807, 2.05) is 10.9 Å². The quantitative estimate of drug-likeness (QED) is 0.945. The predicted octanol–water partition coefficient (Wildman–Crippen LogP) is 3.22. The Morgan fingerprint density at radius 1 is 1.17 bits per heavy atom. The number of fused-ring (bicyclic) bond motifs is 1. The summed E-state index contributed by atoms with van der Waals surface area (Å²) in [5.41, 5.74) is 4.75. The van der Waals surface area contributed by atoms with E-state index in [-0.39, 0.29) is 18.8 Å². The molecule has 23 heavy (non-hydrogen) atoms.